The van der Waals surface area contributed by atoms with E-state index in [1.165, 1.54) is 43.5 Å². The van der Waals surface area contributed by atoms with Gasteiger partial charge >= 0.3 is 5.97 Å². The molecule has 2 aromatic rings. The van der Waals surface area contributed by atoms with E-state index in [1.807, 2.05) is 0 Å². The molecule has 2 fully saturated rings. The second-order valence-electron chi connectivity index (χ2n) is 6.85. The molecule has 2 N–H and O–H groups in total. The maximum atomic E-state index is 12.3. The van der Waals surface area contributed by atoms with Crippen LogP contribution in [0.2, 0.25) is 0 Å². The number of carboxylic acids is 1. The molecule has 0 bridgehead atoms. The predicted octanol–water partition coefficient (Wildman–Crippen LogP) is 3.32. The van der Waals surface area contributed by atoms with E-state index in [0.29, 0.717) is 17.6 Å². The molecular weight excluding hydrogens is 364 g/mol. The zero-order valence-corrected chi connectivity index (χ0v) is 15.5. The Balaban J connectivity index is 1.33. The molecule has 0 saturated heterocycles. The van der Waals surface area contributed by atoms with E-state index in [2.05, 4.69) is 20.1 Å². The van der Waals surface area contributed by atoms with Gasteiger partial charge in [-0.05, 0) is 49.5 Å². The van der Waals surface area contributed by atoms with Crippen LogP contribution in [0, 0.1) is 0 Å². The molecule has 1 aromatic carbocycles. The van der Waals surface area contributed by atoms with Gasteiger partial charge in [-0.25, -0.2) is 4.79 Å². The lowest BCUT2D eigenvalue weighted by atomic mass is 10.2. The normalized spacial score (nSPS) is 16.6. The zero-order chi connectivity index (χ0) is 18.8. The number of carbonyl (C=O) groups is 2. The third-order valence-corrected chi connectivity index (χ3v) is 5.43. The molecule has 0 aliphatic heterocycles. The fourth-order valence-electron chi connectivity index (χ4n) is 2.85. The summed E-state index contributed by atoms with van der Waals surface area (Å²) in [7, 11) is 0. The molecule has 0 atom stereocenters. The number of nitrogens with one attached hydrogen (secondary N) is 1. The first-order valence-electron chi connectivity index (χ1n) is 8.98. The average molecular weight is 384 g/mol. The Labute approximate surface area is 160 Å². The molecule has 8 heteroatoms. The lowest BCUT2D eigenvalue weighted by Gasteiger charge is -2.08. The monoisotopic (exact) mass is 384 g/mol. The summed E-state index contributed by atoms with van der Waals surface area (Å²) in [5.41, 5.74) is 1.44. The van der Waals surface area contributed by atoms with Gasteiger partial charge in [0.25, 0.3) is 0 Å². The highest BCUT2D eigenvalue weighted by Gasteiger charge is 2.36. The van der Waals surface area contributed by atoms with Crippen molar-refractivity contribution >= 4 is 35.4 Å². The highest BCUT2D eigenvalue weighted by atomic mass is 32.2. The Kier molecular flexibility index (Phi) is 4.98. The number of amides is 1. The van der Waals surface area contributed by atoms with Gasteiger partial charge in [0, 0.05) is 23.7 Å². The van der Waals surface area contributed by atoms with E-state index in [1.54, 1.807) is 24.3 Å². The lowest BCUT2D eigenvalue weighted by Crippen LogP contribution is -2.14. The van der Waals surface area contributed by atoms with Crippen LogP contribution in [0.5, 0.6) is 0 Å². The highest BCUT2D eigenvalue weighted by molar-refractivity contribution is 7.99. The number of aliphatic carboxylic acids is 1. The smallest absolute Gasteiger partial charge is 0.328 e. The summed E-state index contributed by atoms with van der Waals surface area (Å²) < 4.78 is 2.24. The molecule has 2 saturated carbocycles. The fraction of sp³-hybridized carbons (Fsp3) is 0.368. The summed E-state index contributed by atoms with van der Waals surface area (Å²) in [6, 6.07) is 7.53. The van der Waals surface area contributed by atoms with Crippen molar-refractivity contribution in [1.82, 2.24) is 14.8 Å². The number of nitrogens with zero attached hydrogens (tertiary/aromatic N) is 3. The van der Waals surface area contributed by atoms with E-state index in [0.717, 1.165) is 22.6 Å². The van der Waals surface area contributed by atoms with Gasteiger partial charge in [0.1, 0.15) is 5.82 Å². The van der Waals surface area contributed by atoms with Gasteiger partial charge < -0.3 is 15.0 Å². The fourth-order valence-corrected chi connectivity index (χ4v) is 3.67. The van der Waals surface area contributed by atoms with Crippen LogP contribution in [0.3, 0.4) is 0 Å². The number of benzene rings is 1. The Hall–Kier alpha value is -2.61. The quantitative estimate of drug-likeness (QED) is 0.535. The summed E-state index contributed by atoms with van der Waals surface area (Å²) >= 11 is 1.42. The number of thioether (sulfide) groups is 1. The van der Waals surface area contributed by atoms with Crippen LogP contribution in [-0.2, 0) is 9.59 Å². The molecule has 7 nitrogen and oxygen atoms in total. The summed E-state index contributed by atoms with van der Waals surface area (Å²) in [6.07, 6.45) is 7.30. The summed E-state index contributed by atoms with van der Waals surface area (Å²) in [5, 5.41) is 21.0. The van der Waals surface area contributed by atoms with Crippen molar-refractivity contribution < 1.29 is 14.7 Å². The second kappa shape index (κ2) is 7.56. The van der Waals surface area contributed by atoms with Gasteiger partial charge in [-0.2, -0.15) is 0 Å². The van der Waals surface area contributed by atoms with E-state index in [9.17, 15) is 9.59 Å². The van der Waals surface area contributed by atoms with E-state index >= 15 is 0 Å². The van der Waals surface area contributed by atoms with E-state index < -0.39 is 5.97 Å². The number of rotatable bonds is 8. The molecule has 2 aliphatic carbocycles. The molecule has 1 amide bonds. The van der Waals surface area contributed by atoms with Crippen LogP contribution in [0.4, 0.5) is 5.69 Å². The van der Waals surface area contributed by atoms with Crippen LogP contribution in [0.15, 0.2) is 35.5 Å². The van der Waals surface area contributed by atoms with E-state index in [4.69, 9.17) is 5.11 Å². The number of anilines is 1. The average Bonchev–Trinajstić information content (AvgIpc) is 3.58. The topological polar surface area (TPSA) is 97.1 Å². The molecule has 4 rings (SSSR count). The predicted molar refractivity (Wildman–Crippen MR) is 103 cm³/mol. The first-order chi connectivity index (χ1) is 13.1. The van der Waals surface area contributed by atoms with Gasteiger partial charge in [-0.1, -0.05) is 23.9 Å². The Bertz CT molecular complexity index is 883. The number of hydrogen-bond acceptors (Lipinski definition) is 5. The van der Waals surface area contributed by atoms with Gasteiger partial charge in [-0.3, -0.25) is 4.79 Å². The van der Waals surface area contributed by atoms with Crippen LogP contribution in [0.1, 0.15) is 49.0 Å². The largest absolute Gasteiger partial charge is 0.478 e. The molecule has 0 spiro atoms. The summed E-state index contributed by atoms with van der Waals surface area (Å²) in [6.45, 7) is 0. The maximum absolute atomic E-state index is 12.3. The Morgan fingerprint density at radius 2 is 1.93 bits per heavy atom. The SMILES string of the molecule is O=C(O)C=Cc1ccc(NC(=O)CSc2nnc(C3CC3)n2C2CC2)cc1. The van der Waals surface area contributed by atoms with Crippen molar-refractivity contribution in [3.05, 3.63) is 41.7 Å². The van der Waals surface area contributed by atoms with Gasteiger partial charge in [0.15, 0.2) is 5.16 Å². The Morgan fingerprint density at radius 3 is 2.56 bits per heavy atom. The minimum atomic E-state index is -0.992. The maximum Gasteiger partial charge on any atom is 0.328 e. The number of carbonyl (C=O) groups excluding carboxylic acids is 1. The first kappa shape index (κ1) is 17.8. The molecule has 1 heterocycles. The van der Waals surface area contributed by atoms with Crippen molar-refractivity contribution in [2.24, 2.45) is 0 Å². The van der Waals surface area contributed by atoms with Gasteiger partial charge in [0.05, 0.1) is 5.75 Å². The number of hydrogen-bond donors (Lipinski definition) is 2. The van der Waals surface area contributed by atoms with Crippen molar-refractivity contribution in [3.63, 3.8) is 0 Å². The number of carboxylic acid groups (broad SMARTS) is 1. The molecular formula is C19H20N4O3S. The van der Waals surface area contributed by atoms with Crippen molar-refractivity contribution in [1.29, 1.82) is 0 Å². The Morgan fingerprint density at radius 1 is 1.19 bits per heavy atom. The molecule has 1 aromatic heterocycles. The molecule has 140 valence electrons. The number of aromatic nitrogens is 3. The lowest BCUT2D eigenvalue weighted by molar-refractivity contribution is -0.131. The summed E-state index contributed by atoms with van der Waals surface area (Å²) in [5.74, 6) is 0.816. The first-order valence-corrected chi connectivity index (χ1v) is 9.97. The minimum absolute atomic E-state index is 0.104. The second-order valence-corrected chi connectivity index (χ2v) is 7.79. The van der Waals surface area contributed by atoms with Crippen LogP contribution >= 0.6 is 11.8 Å². The van der Waals surface area contributed by atoms with Crippen LogP contribution in [0.25, 0.3) is 6.08 Å². The molecule has 2 aliphatic rings. The van der Waals surface area contributed by atoms with Crippen LogP contribution in [-0.4, -0.2) is 37.5 Å². The van der Waals surface area contributed by atoms with Crippen LogP contribution < -0.4 is 5.32 Å². The minimum Gasteiger partial charge on any atom is -0.478 e. The van der Waals surface area contributed by atoms with Crippen molar-refractivity contribution in [3.8, 4) is 0 Å². The van der Waals surface area contributed by atoms with E-state index in [-0.39, 0.29) is 11.7 Å². The highest BCUT2D eigenvalue weighted by Crippen LogP contribution is 2.45. The van der Waals surface area contributed by atoms with Crippen molar-refractivity contribution in [2.45, 2.75) is 42.8 Å². The summed E-state index contributed by atoms with van der Waals surface area (Å²) in [4.78, 5) is 22.8. The van der Waals surface area contributed by atoms with Gasteiger partial charge in [-0.15, -0.1) is 10.2 Å². The van der Waals surface area contributed by atoms with Crippen molar-refractivity contribution in [2.75, 3.05) is 11.1 Å². The van der Waals surface area contributed by atoms with Gasteiger partial charge in [0.2, 0.25) is 5.91 Å². The molecule has 0 unspecified atom stereocenters. The third-order valence-electron chi connectivity index (χ3n) is 4.49. The third kappa shape index (κ3) is 4.57. The molecule has 0 radical (unpaired) electrons. The molecule has 27 heavy (non-hydrogen) atoms. The zero-order valence-electron chi connectivity index (χ0n) is 14.7. The standard InChI is InChI=1S/C19H20N4O3S/c24-16(20-14-6-1-12(2-7-14)3-10-17(25)26)11-27-19-22-21-18(13-4-5-13)23(19)15-8-9-15/h1-3,6-7,10,13,15H,4-5,8-9,11H2,(H,20,24)(H,25,26).